The Hall–Kier alpha value is -2.61. The molecule has 0 aliphatic heterocycles. The Bertz CT molecular complexity index is 1120. The third-order valence-electron chi connectivity index (χ3n) is 6.79. The highest BCUT2D eigenvalue weighted by Gasteiger charge is 2.42. The number of carbonyl (C=O) groups excluding carboxylic acids is 3. The van der Waals surface area contributed by atoms with Crippen molar-refractivity contribution in [2.45, 2.75) is 77.4 Å². The molecule has 0 saturated heterocycles. The normalized spacial score (nSPS) is 15.5. The smallest absolute Gasteiger partial charge is 0.329 e. The van der Waals surface area contributed by atoms with Crippen LogP contribution >= 0.6 is 23.2 Å². The van der Waals surface area contributed by atoms with Crippen molar-refractivity contribution in [2.24, 2.45) is 11.1 Å². The lowest BCUT2D eigenvalue weighted by Crippen LogP contribution is -2.50. The second-order valence-corrected chi connectivity index (χ2v) is 11.7. The summed E-state index contributed by atoms with van der Waals surface area (Å²) in [4.78, 5) is 39.0. The van der Waals surface area contributed by atoms with Gasteiger partial charge in [-0.25, -0.2) is 4.79 Å². The topological polar surface area (TPSA) is 111 Å². The van der Waals surface area contributed by atoms with Gasteiger partial charge in [-0.05, 0) is 89.2 Å². The third kappa shape index (κ3) is 7.95. The number of carbonyl (C=O) groups is 3. The number of amides is 2. The summed E-state index contributed by atoms with van der Waals surface area (Å²) >= 11 is 12.3. The molecular formula is C29H37Cl2N3O4. The Morgan fingerprint density at radius 3 is 2.18 bits per heavy atom. The molecule has 2 aromatic rings. The molecule has 1 fully saturated rings. The van der Waals surface area contributed by atoms with Crippen LogP contribution in [0.4, 0.5) is 5.69 Å². The van der Waals surface area contributed by atoms with Crippen molar-refractivity contribution in [3.8, 4) is 0 Å². The lowest BCUT2D eigenvalue weighted by Gasteiger charge is -2.30. The van der Waals surface area contributed by atoms with Crippen LogP contribution in [-0.2, 0) is 20.7 Å². The number of ether oxygens (including phenoxy) is 1. The van der Waals surface area contributed by atoms with Gasteiger partial charge in [-0.2, -0.15) is 0 Å². The van der Waals surface area contributed by atoms with Gasteiger partial charge in [0.15, 0.2) is 0 Å². The molecule has 9 heteroatoms. The summed E-state index contributed by atoms with van der Waals surface area (Å²) in [5.41, 5.74) is 6.37. The van der Waals surface area contributed by atoms with Crippen molar-refractivity contribution >= 4 is 46.7 Å². The van der Waals surface area contributed by atoms with Crippen LogP contribution in [-0.4, -0.2) is 36.0 Å². The molecule has 38 heavy (non-hydrogen) atoms. The van der Waals surface area contributed by atoms with Gasteiger partial charge in [0, 0.05) is 5.69 Å². The van der Waals surface area contributed by atoms with Crippen LogP contribution in [0.25, 0.3) is 0 Å². The molecule has 0 radical (unpaired) electrons. The van der Waals surface area contributed by atoms with Crippen molar-refractivity contribution in [2.75, 3.05) is 11.9 Å². The van der Waals surface area contributed by atoms with Crippen LogP contribution in [0.3, 0.4) is 0 Å². The molecule has 2 aromatic carbocycles. The zero-order chi connectivity index (χ0) is 27.9. The van der Waals surface area contributed by atoms with Crippen LogP contribution in [0.15, 0.2) is 42.5 Å². The van der Waals surface area contributed by atoms with E-state index in [1.165, 1.54) is 0 Å². The Kier molecular flexibility index (Phi) is 10.2. The van der Waals surface area contributed by atoms with Crippen molar-refractivity contribution in [3.63, 3.8) is 0 Å². The minimum atomic E-state index is -0.779. The van der Waals surface area contributed by atoms with Crippen LogP contribution in [0.5, 0.6) is 0 Å². The van der Waals surface area contributed by atoms with Crippen molar-refractivity contribution in [1.82, 2.24) is 5.32 Å². The number of esters is 1. The molecule has 4 N–H and O–H groups in total. The van der Waals surface area contributed by atoms with Gasteiger partial charge in [-0.15, -0.1) is 0 Å². The minimum absolute atomic E-state index is 0.118. The van der Waals surface area contributed by atoms with E-state index in [1.807, 2.05) is 12.1 Å². The molecule has 1 saturated carbocycles. The molecule has 1 atom stereocenters. The number of rotatable bonds is 10. The molecule has 206 valence electrons. The van der Waals surface area contributed by atoms with E-state index in [1.54, 1.807) is 51.1 Å². The fourth-order valence-electron chi connectivity index (χ4n) is 4.83. The van der Waals surface area contributed by atoms with Crippen LogP contribution in [0, 0.1) is 5.41 Å². The maximum absolute atomic E-state index is 13.3. The first kappa shape index (κ1) is 29.9. The Labute approximate surface area is 234 Å². The molecular weight excluding hydrogens is 525 g/mol. The number of hydrogen-bond donors (Lipinski definition) is 3. The van der Waals surface area contributed by atoms with Crippen molar-refractivity contribution in [3.05, 3.63) is 63.6 Å². The van der Waals surface area contributed by atoms with E-state index in [0.29, 0.717) is 31.5 Å². The zero-order valence-electron chi connectivity index (χ0n) is 22.2. The standard InChI is InChI=1S/C29H37Cl2N3O4/c1-28(2,3)38-26(36)23(34-27(37)29(17-18-32)15-4-5-16-29)14-11-19-9-12-20(13-10-19)33-25(35)24-21(30)7-6-8-22(24)31/h6-10,12-13,23H,4-5,11,14-18,32H2,1-3H3,(H,33,35)(H,34,37). The summed E-state index contributed by atoms with van der Waals surface area (Å²) in [5, 5.41) is 6.33. The fourth-order valence-corrected chi connectivity index (χ4v) is 5.40. The second-order valence-electron chi connectivity index (χ2n) is 10.9. The van der Waals surface area contributed by atoms with Gasteiger partial charge < -0.3 is 21.1 Å². The Balaban J connectivity index is 1.67. The molecule has 1 aliphatic rings. The first-order valence-corrected chi connectivity index (χ1v) is 13.8. The average Bonchev–Trinajstić information content (AvgIpc) is 3.31. The van der Waals surface area contributed by atoms with Gasteiger partial charge in [0.1, 0.15) is 11.6 Å². The number of hydrogen-bond acceptors (Lipinski definition) is 5. The summed E-state index contributed by atoms with van der Waals surface area (Å²) in [5.74, 6) is -0.973. The van der Waals surface area contributed by atoms with E-state index in [4.69, 9.17) is 33.7 Å². The van der Waals surface area contributed by atoms with Crippen molar-refractivity contribution < 1.29 is 19.1 Å². The van der Waals surface area contributed by atoms with Crippen molar-refractivity contribution in [1.29, 1.82) is 0 Å². The SMILES string of the molecule is CC(C)(C)OC(=O)C(CCc1ccc(NC(=O)c2c(Cl)cccc2Cl)cc1)NC(=O)C1(CCN)CCCC1. The van der Waals surface area contributed by atoms with E-state index >= 15 is 0 Å². The van der Waals surface area contributed by atoms with E-state index in [0.717, 1.165) is 31.2 Å². The van der Waals surface area contributed by atoms with Gasteiger partial charge in [-0.3, -0.25) is 9.59 Å². The highest BCUT2D eigenvalue weighted by atomic mass is 35.5. The summed E-state index contributed by atoms with van der Waals surface area (Å²) < 4.78 is 5.62. The van der Waals surface area contributed by atoms with E-state index in [2.05, 4.69) is 10.6 Å². The number of nitrogens with two attached hydrogens (primary N) is 1. The molecule has 0 aromatic heterocycles. The third-order valence-corrected chi connectivity index (χ3v) is 7.42. The summed E-state index contributed by atoms with van der Waals surface area (Å²) in [7, 11) is 0. The maximum Gasteiger partial charge on any atom is 0.329 e. The van der Waals surface area contributed by atoms with Gasteiger partial charge in [0.25, 0.3) is 5.91 Å². The molecule has 2 amide bonds. The first-order chi connectivity index (χ1) is 17.9. The van der Waals surface area contributed by atoms with E-state index in [9.17, 15) is 14.4 Å². The largest absolute Gasteiger partial charge is 0.458 e. The molecule has 1 aliphatic carbocycles. The molecule has 7 nitrogen and oxygen atoms in total. The minimum Gasteiger partial charge on any atom is -0.458 e. The predicted octanol–water partition coefficient (Wildman–Crippen LogP) is 5.91. The second kappa shape index (κ2) is 13.0. The number of anilines is 1. The quantitative estimate of drug-likeness (QED) is 0.312. The zero-order valence-corrected chi connectivity index (χ0v) is 23.8. The summed E-state index contributed by atoms with van der Waals surface area (Å²) in [6, 6.07) is 11.4. The molecule has 1 unspecified atom stereocenters. The van der Waals surface area contributed by atoms with Gasteiger partial charge >= 0.3 is 5.97 Å². The average molecular weight is 563 g/mol. The Morgan fingerprint density at radius 1 is 1.03 bits per heavy atom. The lowest BCUT2D eigenvalue weighted by molar-refractivity contribution is -0.159. The maximum atomic E-state index is 13.3. The van der Waals surface area contributed by atoms with Gasteiger partial charge in [0.05, 0.1) is 21.0 Å². The molecule has 0 spiro atoms. The molecule has 3 rings (SSSR count). The Morgan fingerprint density at radius 2 is 1.63 bits per heavy atom. The van der Waals surface area contributed by atoms with Gasteiger partial charge in [0.2, 0.25) is 5.91 Å². The highest BCUT2D eigenvalue weighted by Crippen LogP contribution is 2.41. The van der Waals surface area contributed by atoms with Gasteiger partial charge in [-0.1, -0.05) is 54.2 Å². The number of aryl methyl sites for hydroxylation is 1. The summed E-state index contributed by atoms with van der Waals surface area (Å²) in [6.07, 6.45) is 5.03. The monoisotopic (exact) mass is 561 g/mol. The predicted molar refractivity (Wildman–Crippen MR) is 152 cm³/mol. The molecule has 0 bridgehead atoms. The number of benzene rings is 2. The van der Waals surface area contributed by atoms with Crippen LogP contribution in [0.2, 0.25) is 10.0 Å². The fraction of sp³-hybridized carbons (Fsp3) is 0.483. The first-order valence-electron chi connectivity index (χ1n) is 13.0. The van der Waals surface area contributed by atoms with E-state index in [-0.39, 0.29) is 21.5 Å². The molecule has 0 heterocycles. The van der Waals surface area contributed by atoms with E-state index < -0.39 is 28.9 Å². The van der Waals surface area contributed by atoms with Crippen LogP contribution in [0.1, 0.15) is 75.2 Å². The highest BCUT2D eigenvalue weighted by molar-refractivity contribution is 6.40. The lowest BCUT2D eigenvalue weighted by atomic mass is 9.81. The van der Waals surface area contributed by atoms with Crippen LogP contribution < -0.4 is 16.4 Å². The summed E-state index contributed by atoms with van der Waals surface area (Å²) in [6.45, 7) is 5.84. The number of halogens is 2. The number of nitrogens with one attached hydrogen (secondary N) is 2.